The quantitative estimate of drug-likeness (QED) is 0.676. The molecule has 0 aliphatic heterocycles. The summed E-state index contributed by atoms with van der Waals surface area (Å²) in [6.07, 6.45) is 1.12. The normalized spacial score (nSPS) is 12.5. The number of anilines is 1. The van der Waals surface area contributed by atoms with Crippen LogP contribution >= 0.6 is 0 Å². The predicted molar refractivity (Wildman–Crippen MR) is 110 cm³/mol. The molecule has 3 aromatic rings. The first-order valence-electron chi connectivity index (χ1n) is 9.46. The van der Waals surface area contributed by atoms with Gasteiger partial charge in [-0.15, -0.1) is 0 Å². The molecular weight excluding hydrogens is 350 g/mol. The molecule has 4 rings (SSSR count). The Morgan fingerprint density at radius 2 is 1.68 bits per heavy atom. The van der Waals surface area contributed by atoms with Crippen LogP contribution in [0.5, 0.6) is 5.75 Å². The van der Waals surface area contributed by atoms with E-state index < -0.39 is 0 Å². The molecule has 0 heterocycles. The minimum absolute atomic E-state index is 0.0640. The van der Waals surface area contributed by atoms with Crippen LogP contribution in [0, 0.1) is 0 Å². The molecule has 0 radical (unpaired) electrons. The van der Waals surface area contributed by atoms with E-state index >= 15 is 0 Å². The maximum absolute atomic E-state index is 12.6. The Bertz CT molecular complexity index is 1040. The third-order valence-corrected chi connectivity index (χ3v) is 4.96. The Labute approximate surface area is 164 Å². The van der Waals surface area contributed by atoms with Gasteiger partial charge in [0.15, 0.2) is 5.78 Å². The standard InChI is InChI=1S/C24H21NO3/c1-2-28-22-11-7-6-10-18(22)17-12-14-20(23-19(17)13-15-21(23)26)25-24(27)16-8-4-3-5-9-16/h3-12,14H,2,13,15H2,1H3,(H,25,27). The van der Waals surface area contributed by atoms with Gasteiger partial charge in [-0.2, -0.15) is 0 Å². The molecule has 3 aromatic carbocycles. The maximum atomic E-state index is 12.6. The van der Waals surface area contributed by atoms with E-state index in [9.17, 15) is 9.59 Å². The van der Waals surface area contributed by atoms with E-state index in [1.165, 1.54) is 0 Å². The monoisotopic (exact) mass is 371 g/mol. The van der Waals surface area contributed by atoms with E-state index in [4.69, 9.17) is 4.74 Å². The minimum atomic E-state index is -0.218. The van der Waals surface area contributed by atoms with E-state index in [1.807, 2.05) is 61.5 Å². The first-order chi connectivity index (χ1) is 13.7. The molecule has 0 saturated heterocycles. The summed E-state index contributed by atoms with van der Waals surface area (Å²) in [7, 11) is 0. The first kappa shape index (κ1) is 18.0. The molecule has 1 aliphatic rings. The van der Waals surface area contributed by atoms with E-state index in [2.05, 4.69) is 5.32 Å². The largest absolute Gasteiger partial charge is 0.493 e. The van der Waals surface area contributed by atoms with Crippen molar-refractivity contribution in [3.05, 3.63) is 83.4 Å². The van der Waals surface area contributed by atoms with Gasteiger partial charge in [0, 0.05) is 23.1 Å². The van der Waals surface area contributed by atoms with Crippen LogP contribution in [0.25, 0.3) is 11.1 Å². The number of rotatable bonds is 5. The minimum Gasteiger partial charge on any atom is -0.493 e. The zero-order valence-corrected chi connectivity index (χ0v) is 15.7. The molecular formula is C24H21NO3. The van der Waals surface area contributed by atoms with Gasteiger partial charge in [-0.1, -0.05) is 42.5 Å². The Morgan fingerprint density at radius 3 is 2.46 bits per heavy atom. The van der Waals surface area contributed by atoms with E-state index in [1.54, 1.807) is 12.1 Å². The highest BCUT2D eigenvalue weighted by Gasteiger charge is 2.27. The van der Waals surface area contributed by atoms with Gasteiger partial charge in [-0.05, 0) is 48.7 Å². The predicted octanol–water partition coefficient (Wildman–Crippen LogP) is 5.13. The number of hydrogen-bond donors (Lipinski definition) is 1. The van der Waals surface area contributed by atoms with Crippen molar-refractivity contribution in [2.24, 2.45) is 0 Å². The lowest BCUT2D eigenvalue weighted by Gasteiger charge is -2.16. The molecule has 4 nitrogen and oxygen atoms in total. The summed E-state index contributed by atoms with van der Waals surface area (Å²) < 4.78 is 5.78. The summed E-state index contributed by atoms with van der Waals surface area (Å²) >= 11 is 0. The molecule has 0 unspecified atom stereocenters. The molecule has 0 bridgehead atoms. The molecule has 0 saturated carbocycles. The van der Waals surface area contributed by atoms with Crippen molar-refractivity contribution in [1.82, 2.24) is 0 Å². The fraction of sp³-hybridized carbons (Fsp3) is 0.167. The van der Waals surface area contributed by atoms with E-state index in [0.717, 1.165) is 22.4 Å². The molecule has 1 aliphatic carbocycles. The summed E-state index contributed by atoms with van der Waals surface area (Å²) in [4.78, 5) is 25.2. The lowest BCUT2D eigenvalue weighted by Crippen LogP contribution is -2.14. The number of benzene rings is 3. The van der Waals surface area contributed by atoms with Crippen LogP contribution in [0.4, 0.5) is 5.69 Å². The Hall–Kier alpha value is -3.40. The molecule has 0 fully saturated rings. The molecule has 0 atom stereocenters. The second kappa shape index (κ2) is 7.69. The van der Waals surface area contributed by atoms with Crippen LogP contribution in [0.15, 0.2) is 66.7 Å². The van der Waals surface area contributed by atoms with Crippen molar-refractivity contribution in [2.75, 3.05) is 11.9 Å². The number of ether oxygens (including phenoxy) is 1. The van der Waals surface area contributed by atoms with Gasteiger partial charge in [0.25, 0.3) is 5.91 Å². The van der Waals surface area contributed by atoms with Crippen molar-refractivity contribution in [1.29, 1.82) is 0 Å². The maximum Gasteiger partial charge on any atom is 0.255 e. The SMILES string of the molecule is CCOc1ccccc1-c1ccc(NC(=O)c2ccccc2)c2c1CCC2=O. The van der Waals surface area contributed by atoms with E-state index in [0.29, 0.717) is 36.3 Å². The van der Waals surface area contributed by atoms with Crippen LogP contribution < -0.4 is 10.1 Å². The highest BCUT2D eigenvalue weighted by Crippen LogP contribution is 2.40. The van der Waals surface area contributed by atoms with Crippen molar-refractivity contribution in [3.8, 4) is 16.9 Å². The molecule has 4 heteroatoms. The molecule has 28 heavy (non-hydrogen) atoms. The highest BCUT2D eigenvalue weighted by molar-refractivity contribution is 6.12. The summed E-state index contributed by atoms with van der Waals surface area (Å²) in [6, 6.07) is 20.6. The number of para-hydroxylation sites is 1. The zero-order valence-electron chi connectivity index (χ0n) is 15.7. The number of nitrogens with one attached hydrogen (secondary N) is 1. The summed E-state index contributed by atoms with van der Waals surface area (Å²) in [5, 5.41) is 2.92. The third-order valence-electron chi connectivity index (χ3n) is 4.96. The van der Waals surface area contributed by atoms with Crippen LogP contribution in [0.3, 0.4) is 0 Å². The molecule has 0 spiro atoms. The number of fused-ring (bicyclic) bond motifs is 1. The van der Waals surface area contributed by atoms with Crippen LogP contribution in [0.1, 0.15) is 39.6 Å². The number of hydrogen-bond acceptors (Lipinski definition) is 3. The van der Waals surface area contributed by atoms with E-state index in [-0.39, 0.29) is 11.7 Å². The fourth-order valence-corrected chi connectivity index (χ4v) is 3.70. The highest BCUT2D eigenvalue weighted by atomic mass is 16.5. The Balaban J connectivity index is 1.76. The van der Waals surface area contributed by atoms with Crippen molar-refractivity contribution in [2.45, 2.75) is 19.8 Å². The smallest absolute Gasteiger partial charge is 0.255 e. The van der Waals surface area contributed by atoms with Gasteiger partial charge in [0.2, 0.25) is 0 Å². The summed E-state index contributed by atoms with van der Waals surface area (Å²) in [5.74, 6) is 0.645. The van der Waals surface area contributed by atoms with Crippen LogP contribution in [-0.2, 0) is 6.42 Å². The van der Waals surface area contributed by atoms with Gasteiger partial charge in [-0.25, -0.2) is 0 Å². The van der Waals surface area contributed by atoms with Gasteiger partial charge < -0.3 is 10.1 Å². The first-order valence-corrected chi connectivity index (χ1v) is 9.46. The number of Topliss-reactive ketones (excluding diaryl/α,β-unsaturated/α-hetero) is 1. The summed E-state index contributed by atoms with van der Waals surface area (Å²) in [6.45, 7) is 2.52. The van der Waals surface area contributed by atoms with Gasteiger partial charge >= 0.3 is 0 Å². The molecule has 0 aromatic heterocycles. The second-order valence-corrected chi connectivity index (χ2v) is 6.69. The van der Waals surface area contributed by atoms with Gasteiger partial charge in [-0.3, -0.25) is 9.59 Å². The molecule has 140 valence electrons. The lowest BCUT2D eigenvalue weighted by atomic mass is 9.95. The van der Waals surface area contributed by atoms with Crippen molar-refractivity contribution < 1.29 is 14.3 Å². The molecule has 1 N–H and O–H groups in total. The zero-order chi connectivity index (χ0) is 19.5. The van der Waals surface area contributed by atoms with Gasteiger partial charge in [0.05, 0.1) is 12.3 Å². The van der Waals surface area contributed by atoms with Gasteiger partial charge in [0.1, 0.15) is 5.75 Å². The van der Waals surface area contributed by atoms with Crippen LogP contribution in [0.2, 0.25) is 0 Å². The lowest BCUT2D eigenvalue weighted by molar-refractivity contribution is 0.0995. The number of carbonyl (C=O) groups excluding carboxylic acids is 2. The topological polar surface area (TPSA) is 55.4 Å². The average Bonchev–Trinajstić information content (AvgIpc) is 3.12. The Kier molecular flexibility index (Phi) is 4.94. The fourth-order valence-electron chi connectivity index (χ4n) is 3.70. The second-order valence-electron chi connectivity index (χ2n) is 6.69. The van der Waals surface area contributed by atoms with Crippen molar-refractivity contribution >= 4 is 17.4 Å². The van der Waals surface area contributed by atoms with Crippen molar-refractivity contribution in [3.63, 3.8) is 0 Å². The number of ketones is 1. The van der Waals surface area contributed by atoms with Crippen LogP contribution in [-0.4, -0.2) is 18.3 Å². The number of amides is 1. The molecule has 1 amide bonds. The summed E-state index contributed by atoms with van der Waals surface area (Å²) in [5.41, 5.74) is 4.69. The average molecular weight is 371 g/mol. The number of carbonyl (C=O) groups is 2. The Morgan fingerprint density at radius 1 is 0.929 bits per heavy atom. The third kappa shape index (κ3) is 3.29.